The fourth-order valence-electron chi connectivity index (χ4n) is 2.23. The largest absolute Gasteiger partial charge is 0.490 e. The summed E-state index contributed by atoms with van der Waals surface area (Å²) in [7, 11) is 1.78. The smallest absolute Gasteiger partial charge is 0.260 e. The number of nitrogens with zero attached hydrogens (tertiary/aromatic N) is 1. The Labute approximate surface area is 137 Å². The van der Waals surface area contributed by atoms with Gasteiger partial charge in [-0.05, 0) is 37.1 Å². The molecule has 0 aromatic heterocycles. The van der Waals surface area contributed by atoms with Crippen molar-refractivity contribution in [1.29, 1.82) is 0 Å². The van der Waals surface area contributed by atoms with Gasteiger partial charge in [-0.25, -0.2) is 0 Å². The van der Waals surface area contributed by atoms with Gasteiger partial charge in [-0.2, -0.15) is 0 Å². The minimum absolute atomic E-state index is 0.00747. The molecule has 0 fully saturated rings. The zero-order chi connectivity index (χ0) is 16.7. The molecule has 2 aromatic rings. The number of likely N-dealkylation sites (N-methyl/N-ethyl adjacent to an activating group) is 1. The van der Waals surface area contributed by atoms with Gasteiger partial charge in [0.15, 0.2) is 18.1 Å². The Morgan fingerprint density at radius 1 is 1.00 bits per heavy atom. The Morgan fingerprint density at radius 2 is 1.61 bits per heavy atom. The summed E-state index contributed by atoms with van der Waals surface area (Å²) in [5.41, 5.74) is 2.31. The molecule has 1 amide bonds. The first-order chi connectivity index (χ1) is 11.1. The number of aryl methyl sites for hydroxylation is 1. The maximum Gasteiger partial charge on any atom is 0.260 e. The van der Waals surface area contributed by atoms with Crippen LogP contribution in [0.1, 0.15) is 18.1 Å². The second kappa shape index (κ2) is 8.22. The van der Waals surface area contributed by atoms with Gasteiger partial charge >= 0.3 is 0 Å². The highest BCUT2D eigenvalue weighted by Crippen LogP contribution is 2.26. The van der Waals surface area contributed by atoms with Crippen molar-refractivity contribution in [3.05, 3.63) is 59.7 Å². The monoisotopic (exact) mass is 313 g/mol. The van der Waals surface area contributed by atoms with Crippen molar-refractivity contribution in [2.75, 3.05) is 20.3 Å². The molecule has 0 spiro atoms. The number of hydrogen-bond acceptors (Lipinski definition) is 3. The second-order valence-electron chi connectivity index (χ2n) is 5.34. The first-order valence-electron chi connectivity index (χ1n) is 7.75. The van der Waals surface area contributed by atoms with Crippen molar-refractivity contribution >= 4 is 5.91 Å². The van der Waals surface area contributed by atoms with E-state index in [4.69, 9.17) is 9.47 Å². The molecule has 0 N–H and O–H groups in total. The summed E-state index contributed by atoms with van der Waals surface area (Å²) in [6.45, 7) is 5.08. The van der Waals surface area contributed by atoms with Crippen LogP contribution in [0.2, 0.25) is 0 Å². The maximum absolute atomic E-state index is 12.3. The van der Waals surface area contributed by atoms with E-state index in [1.54, 1.807) is 18.0 Å². The zero-order valence-corrected chi connectivity index (χ0v) is 13.9. The SMILES string of the molecule is CCOc1ccccc1OCC(=O)N(C)Cc1ccccc1C. The van der Waals surface area contributed by atoms with Crippen LogP contribution >= 0.6 is 0 Å². The highest BCUT2D eigenvalue weighted by Gasteiger charge is 2.12. The van der Waals surface area contributed by atoms with Crippen molar-refractivity contribution in [3.8, 4) is 11.5 Å². The molecule has 23 heavy (non-hydrogen) atoms. The van der Waals surface area contributed by atoms with Gasteiger partial charge in [0.05, 0.1) is 6.61 Å². The Hall–Kier alpha value is -2.49. The van der Waals surface area contributed by atoms with Gasteiger partial charge in [0.25, 0.3) is 5.91 Å². The predicted molar refractivity (Wildman–Crippen MR) is 90.8 cm³/mol. The molecule has 0 saturated heterocycles. The number of benzene rings is 2. The summed E-state index contributed by atoms with van der Waals surface area (Å²) in [4.78, 5) is 13.9. The third-order valence-corrected chi connectivity index (χ3v) is 3.59. The maximum atomic E-state index is 12.3. The van der Waals surface area contributed by atoms with Gasteiger partial charge in [-0.3, -0.25) is 4.79 Å². The Kier molecular flexibility index (Phi) is 6.03. The zero-order valence-electron chi connectivity index (χ0n) is 13.9. The summed E-state index contributed by atoms with van der Waals surface area (Å²) in [6.07, 6.45) is 0. The molecule has 0 radical (unpaired) electrons. The molecule has 0 unspecified atom stereocenters. The van der Waals surface area contributed by atoms with Crippen molar-refractivity contribution in [1.82, 2.24) is 4.90 Å². The summed E-state index contributed by atoms with van der Waals surface area (Å²) in [6, 6.07) is 15.4. The molecule has 0 atom stereocenters. The lowest BCUT2D eigenvalue weighted by Crippen LogP contribution is -2.31. The molecule has 0 aliphatic rings. The van der Waals surface area contributed by atoms with E-state index in [-0.39, 0.29) is 12.5 Å². The van der Waals surface area contributed by atoms with Crippen LogP contribution in [-0.4, -0.2) is 31.1 Å². The van der Waals surface area contributed by atoms with E-state index >= 15 is 0 Å². The topological polar surface area (TPSA) is 38.8 Å². The predicted octanol–water partition coefficient (Wildman–Crippen LogP) is 3.43. The highest BCUT2D eigenvalue weighted by molar-refractivity contribution is 5.77. The fraction of sp³-hybridized carbons (Fsp3) is 0.316. The van der Waals surface area contributed by atoms with Gasteiger partial charge in [-0.1, -0.05) is 36.4 Å². The Bertz CT molecular complexity index is 655. The third kappa shape index (κ3) is 4.74. The van der Waals surface area contributed by atoms with E-state index in [0.717, 1.165) is 5.56 Å². The van der Waals surface area contributed by atoms with E-state index in [1.807, 2.05) is 56.3 Å². The summed E-state index contributed by atoms with van der Waals surface area (Å²) in [5, 5.41) is 0. The normalized spacial score (nSPS) is 10.2. The molecule has 2 rings (SSSR count). The number of carbonyl (C=O) groups excluding carboxylic acids is 1. The number of hydrogen-bond donors (Lipinski definition) is 0. The van der Waals surface area contributed by atoms with Gasteiger partial charge in [0.2, 0.25) is 0 Å². The molecule has 122 valence electrons. The van der Waals surface area contributed by atoms with Crippen LogP contribution in [0, 0.1) is 6.92 Å². The van der Waals surface area contributed by atoms with E-state index in [1.165, 1.54) is 5.56 Å². The average molecular weight is 313 g/mol. The molecule has 0 aliphatic carbocycles. The van der Waals surface area contributed by atoms with Crippen LogP contribution in [0.5, 0.6) is 11.5 Å². The van der Waals surface area contributed by atoms with Crippen LogP contribution in [0.25, 0.3) is 0 Å². The Balaban J connectivity index is 1.93. The molecule has 0 heterocycles. The van der Waals surface area contributed by atoms with Crippen LogP contribution in [0.3, 0.4) is 0 Å². The number of para-hydroxylation sites is 2. The van der Waals surface area contributed by atoms with E-state index in [9.17, 15) is 4.79 Å². The minimum atomic E-state index is -0.0699. The van der Waals surface area contributed by atoms with E-state index in [2.05, 4.69) is 0 Å². The van der Waals surface area contributed by atoms with Gasteiger partial charge in [0, 0.05) is 13.6 Å². The molecule has 0 bridgehead atoms. The van der Waals surface area contributed by atoms with E-state index < -0.39 is 0 Å². The lowest BCUT2D eigenvalue weighted by atomic mass is 10.1. The molecule has 0 aliphatic heterocycles. The molecular formula is C19H23NO3. The van der Waals surface area contributed by atoms with Crippen LogP contribution in [0.4, 0.5) is 0 Å². The number of carbonyl (C=O) groups is 1. The highest BCUT2D eigenvalue weighted by atomic mass is 16.5. The van der Waals surface area contributed by atoms with Gasteiger partial charge in [-0.15, -0.1) is 0 Å². The molecular weight excluding hydrogens is 290 g/mol. The Morgan fingerprint density at radius 3 is 2.26 bits per heavy atom. The molecule has 2 aromatic carbocycles. The van der Waals surface area contributed by atoms with Gasteiger partial charge in [0.1, 0.15) is 0 Å². The van der Waals surface area contributed by atoms with Crippen LogP contribution in [-0.2, 0) is 11.3 Å². The third-order valence-electron chi connectivity index (χ3n) is 3.59. The number of rotatable bonds is 7. The molecule has 4 nitrogen and oxygen atoms in total. The van der Waals surface area contributed by atoms with Crippen molar-refractivity contribution in [2.24, 2.45) is 0 Å². The minimum Gasteiger partial charge on any atom is -0.490 e. The van der Waals surface area contributed by atoms with Crippen LogP contribution < -0.4 is 9.47 Å². The molecule has 0 saturated carbocycles. The first-order valence-corrected chi connectivity index (χ1v) is 7.75. The summed E-state index contributed by atoms with van der Waals surface area (Å²) in [5.74, 6) is 1.18. The van der Waals surface area contributed by atoms with Crippen molar-refractivity contribution in [2.45, 2.75) is 20.4 Å². The lowest BCUT2D eigenvalue weighted by Gasteiger charge is -2.19. The summed E-state index contributed by atoms with van der Waals surface area (Å²) >= 11 is 0. The summed E-state index contributed by atoms with van der Waals surface area (Å²) < 4.78 is 11.1. The number of amides is 1. The van der Waals surface area contributed by atoms with Crippen LogP contribution in [0.15, 0.2) is 48.5 Å². The molecule has 4 heteroatoms. The lowest BCUT2D eigenvalue weighted by molar-refractivity contribution is -0.132. The second-order valence-corrected chi connectivity index (χ2v) is 5.34. The average Bonchev–Trinajstić information content (AvgIpc) is 2.56. The first kappa shape index (κ1) is 16.9. The van der Waals surface area contributed by atoms with Crippen molar-refractivity contribution in [3.63, 3.8) is 0 Å². The van der Waals surface area contributed by atoms with E-state index in [0.29, 0.717) is 24.7 Å². The standard InChI is InChI=1S/C19H23NO3/c1-4-22-17-11-7-8-12-18(17)23-14-19(21)20(3)13-16-10-6-5-9-15(16)2/h5-12H,4,13-14H2,1-3H3. The van der Waals surface area contributed by atoms with Gasteiger partial charge < -0.3 is 14.4 Å². The number of ether oxygens (including phenoxy) is 2. The quantitative estimate of drug-likeness (QED) is 0.786. The van der Waals surface area contributed by atoms with Crippen molar-refractivity contribution < 1.29 is 14.3 Å². The fourth-order valence-corrected chi connectivity index (χ4v) is 2.23.